The van der Waals surface area contributed by atoms with Gasteiger partial charge in [-0.05, 0) is 55.3 Å². The van der Waals surface area contributed by atoms with E-state index in [0.29, 0.717) is 36.5 Å². The zero-order valence-corrected chi connectivity index (χ0v) is 19.8. The Morgan fingerprint density at radius 1 is 1.12 bits per heavy atom. The minimum Gasteiger partial charge on any atom is -0.497 e. The second-order valence-corrected chi connectivity index (χ2v) is 11.6. The van der Waals surface area contributed by atoms with Crippen LogP contribution in [0.1, 0.15) is 12.8 Å². The molecule has 0 radical (unpaired) electrons. The monoisotopic (exact) mass is 481 g/mol. The van der Waals surface area contributed by atoms with Gasteiger partial charge in [-0.1, -0.05) is 6.07 Å². The maximum atomic E-state index is 13.0. The predicted molar refractivity (Wildman–Crippen MR) is 123 cm³/mol. The van der Waals surface area contributed by atoms with E-state index in [2.05, 4.69) is 5.32 Å². The Kier molecular flexibility index (Phi) is 7.11. The van der Waals surface area contributed by atoms with Crippen LogP contribution in [0, 0.1) is 5.92 Å². The van der Waals surface area contributed by atoms with Crippen LogP contribution < -0.4 is 14.4 Å². The van der Waals surface area contributed by atoms with E-state index >= 15 is 0 Å². The molecule has 0 saturated carbocycles. The lowest BCUT2D eigenvalue weighted by atomic mass is 9.98. The van der Waals surface area contributed by atoms with Crippen LogP contribution in [0.25, 0.3) is 0 Å². The third kappa shape index (κ3) is 5.40. The highest BCUT2D eigenvalue weighted by molar-refractivity contribution is 7.92. The van der Waals surface area contributed by atoms with Gasteiger partial charge >= 0.3 is 0 Å². The molecule has 1 N–H and O–H groups in total. The molecule has 174 valence electrons. The number of rotatable bonds is 7. The highest BCUT2D eigenvalue weighted by Gasteiger charge is 2.33. The number of piperidine rings is 1. The number of carbonyl (C=O) groups is 1. The summed E-state index contributed by atoms with van der Waals surface area (Å²) in [6, 6.07) is 12.6. The molecule has 1 aliphatic rings. The highest BCUT2D eigenvalue weighted by Crippen LogP contribution is 2.27. The Hall–Kier alpha value is -2.63. The molecule has 1 atom stereocenters. The molecular weight excluding hydrogens is 454 g/mol. The lowest BCUT2D eigenvalue weighted by Crippen LogP contribution is -2.43. The summed E-state index contributed by atoms with van der Waals surface area (Å²) in [5.74, 6) is -0.268. The third-order valence-electron chi connectivity index (χ3n) is 5.43. The number of nitrogens with zero attached hydrogens (tertiary/aromatic N) is 2. The molecule has 1 saturated heterocycles. The molecule has 32 heavy (non-hydrogen) atoms. The number of benzene rings is 2. The minimum absolute atomic E-state index is 0.0725. The van der Waals surface area contributed by atoms with Crippen molar-refractivity contribution in [1.82, 2.24) is 4.31 Å². The minimum atomic E-state index is -3.74. The van der Waals surface area contributed by atoms with Gasteiger partial charge in [-0.25, -0.2) is 16.8 Å². The van der Waals surface area contributed by atoms with Crippen molar-refractivity contribution in [2.45, 2.75) is 17.7 Å². The van der Waals surface area contributed by atoms with Crippen LogP contribution in [-0.4, -0.2) is 60.6 Å². The molecule has 1 aliphatic heterocycles. The SMILES string of the molecule is COc1ccc(S(=O)(=O)N2CCCC(C(=O)Nc3cccc(N(C)S(C)(=O)=O)c3)C2)cc1. The third-order valence-corrected chi connectivity index (χ3v) is 8.51. The first-order valence-electron chi connectivity index (χ1n) is 10.0. The zero-order valence-electron chi connectivity index (χ0n) is 18.2. The number of hydrogen-bond donors (Lipinski definition) is 1. The average molecular weight is 482 g/mol. The van der Waals surface area contributed by atoms with Crippen LogP contribution in [0.3, 0.4) is 0 Å². The van der Waals surface area contributed by atoms with Crippen molar-refractivity contribution in [2.24, 2.45) is 5.92 Å². The van der Waals surface area contributed by atoms with E-state index in [4.69, 9.17) is 4.74 Å². The number of hydrogen-bond acceptors (Lipinski definition) is 6. The zero-order chi connectivity index (χ0) is 23.5. The normalized spacial score (nSPS) is 17.5. The molecule has 0 spiro atoms. The maximum absolute atomic E-state index is 13.0. The molecule has 1 unspecified atom stereocenters. The van der Waals surface area contributed by atoms with E-state index in [-0.39, 0.29) is 17.3 Å². The molecule has 1 fully saturated rings. The van der Waals surface area contributed by atoms with Crippen LogP contribution in [0.4, 0.5) is 11.4 Å². The van der Waals surface area contributed by atoms with Crippen molar-refractivity contribution in [3.05, 3.63) is 48.5 Å². The van der Waals surface area contributed by atoms with E-state index in [1.165, 1.54) is 30.6 Å². The van der Waals surface area contributed by atoms with Crippen LogP contribution in [0.15, 0.2) is 53.4 Å². The van der Waals surface area contributed by atoms with Crippen LogP contribution >= 0.6 is 0 Å². The highest BCUT2D eigenvalue weighted by atomic mass is 32.2. The number of amides is 1. The second kappa shape index (κ2) is 9.47. The molecule has 1 heterocycles. The van der Waals surface area contributed by atoms with Crippen LogP contribution in [-0.2, 0) is 24.8 Å². The lowest BCUT2D eigenvalue weighted by molar-refractivity contribution is -0.120. The van der Waals surface area contributed by atoms with Gasteiger partial charge in [0.25, 0.3) is 0 Å². The van der Waals surface area contributed by atoms with E-state index in [1.54, 1.807) is 36.4 Å². The Morgan fingerprint density at radius 3 is 2.44 bits per heavy atom. The molecule has 9 nitrogen and oxygen atoms in total. The van der Waals surface area contributed by atoms with Gasteiger partial charge in [-0.2, -0.15) is 4.31 Å². The van der Waals surface area contributed by atoms with E-state index < -0.39 is 26.0 Å². The van der Waals surface area contributed by atoms with Gasteiger partial charge in [0.15, 0.2) is 0 Å². The van der Waals surface area contributed by atoms with Crippen molar-refractivity contribution in [1.29, 1.82) is 0 Å². The summed E-state index contributed by atoms with van der Waals surface area (Å²) in [6.07, 6.45) is 2.21. The fraction of sp³-hybridized carbons (Fsp3) is 0.381. The fourth-order valence-corrected chi connectivity index (χ4v) is 5.51. The molecule has 1 amide bonds. The topological polar surface area (TPSA) is 113 Å². The fourth-order valence-electron chi connectivity index (χ4n) is 3.49. The predicted octanol–water partition coefficient (Wildman–Crippen LogP) is 2.13. The Balaban J connectivity index is 1.72. The Labute approximate surface area is 189 Å². The lowest BCUT2D eigenvalue weighted by Gasteiger charge is -2.31. The standard InChI is InChI=1S/C21H27N3O6S2/c1-23(31(3,26)27)18-8-4-7-17(14-18)22-21(25)16-6-5-13-24(15-16)32(28,29)20-11-9-19(30-2)10-12-20/h4,7-12,14,16H,5-6,13,15H2,1-3H3,(H,22,25). The van der Waals surface area contributed by atoms with Crippen molar-refractivity contribution >= 4 is 37.3 Å². The summed E-state index contributed by atoms with van der Waals surface area (Å²) in [5, 5.41) is 2.79. The van der Waals surface area contributed by atoms with Crippen molar-refractivity contribution < 1.29 is 26.4 Å². The van der Waals surface area contributed by atoms with Gasteiger partial charge in [0.05, 0.1) is 29.9 Å². The largest absolute Gasteiger partial charge is 0.497 e. The number of carbonyl (C=O) groups excluding carboxylic acids is 1. The number of anilines is 2. The Morgan fingerprint density at radius 2 is 1.81 bits per heavy atom. The van der Waals surface area contributed by atoms with Gasteiger partial charge in [-0.3, -0.25) is 9.10 Å². The first kappa shape index (κ1) is 24.0. The van der Waals surface area contributed by atoms with E-state index in [0.717, 1.165) is 10.6 Å². The summed E-state index contributed by atoms with van der Waals surface area (Å²) < 4.78 is 57.1. The van der Waals surface area contributed by atoms with Crippen LogP contribution in [0.5, 0.6) is 5.75 Å². The maximum Gasteiger partial charge on any atom is 0.243 e. The van der Waals surface area contributed by atoms with Gasteiger partial charge in [-0.15, -0.1) is 0 Å². The summed E-state index contributed by atoms with van der Waals surface area (Å²) >= 11 is 0. The van der Waals surface area contributed by atoms with Gasteiger partial charge in [0.1, 0.15) is 5.75 Å². The molecule has 3 rings (SSSR count). The number of nitrogens with one attached hydrogen (secondary N) is 1. The van der Waals surface area contributed by atoms with E-state index in [9.17, 15) is 21.6 Å². The summed E-state index contributed by atoms with van der Waals surface area (Å²) in [6.45, 7) is 0.413. The molecule has 0 aromatic heterocycles. The second-order valence-electron chi connectivity index (χ2n) is 7.65. The number of methoxy groups -OCH3 is 1. The van der Waals surface area contributed by atoms with Crippen LogP contribution in [0.2, 0.25) is 0 Å². The smallest absolute Gasteiger partial charge is 0.243 e. The molecule has 11 heteroatoms. The summed E-state index contributed by atoms with van der Waals surface area (Å²) in [7, 11) is -4.24. The van der Waals surface area contributed by atoms with Gasteiger partial charge < -0.3 is 10.1 Å². The van der Waals surface area contributed by atoms with Gasteiger partial charge in [0, 0.05) is 25.8 Å². The Bertz CT molecular complexity index is 1180. The quantitative estimate of drug-likeness (QED) is 0.648. The molecule has 2 aromatic rings. The molecule has 0 aliphatic carbocycles. The molecular formula is C21H27N3O6S2. The molecule has 2 aromatic carbocycles. The summed E-state index contributed by atoms with van der Waals surface area (Å²) in [4.78, 5) is 13.0. The van der Waals surface area contributed by atoms with Crippen molar-refractivity contribution in [3.8, 4) is 5.75 Å². The molecule has 0 bridgehead atoms. The number of ether oxygens (including phenoxy) is 1. The first-order valence-corrected chi connectivity index (χ1v) is 13.3. The number of sulfonamides is 2. The van der Waals surface area contributed by atoms with Crippen molar-refractivity contribution in [2.75, 3.05) is 43.1 Å². The van der Waals surface area contributed by atoms with Crippen molar-refractivity contribution in [3.63, 3.8) is 0 Å². The van der Waals surface area contributed by atoms with E-state index in [1.807, 2.05) is 0 Å². The average Bonchev–Trinajstić information content (AvgIpc) is 2.78. The van der Waals surface area contributed by atoms with Gasteiger partial charge in [0.2, 0.25) is 26.0 Å². The summed E-state index contributed by atoms with van der Waals surface area (Å²) in [5.41, 5.74) is 0.857. The first-order chi connectivity index (χ1) is 15.0.